The zero-order valence-electron chi connectivity index (χ0n) is 21.7. The van der Waals surface area contributed by atoms with Crippen LogP contribution in [0.25, 0.3) is 0 Å². The first-order valence-corrected chi connectivity index (χ1v) is 11.9. The van der Waals surface area contributed by atoms with Crippen molar-refractivity contribution in [3.63, 3.8) is 0 Å². The highest BCUT2D eigenvalue weighted by Crippen LogP contribution is 2.33. The van der Waals surface area contributed by atoms with Gasteiger partial charge in [-0.15, -0.1) is 0 Å². The van der Waals surface area contributed by atoms with Gasteiger partial charge in [0.25, 0.3) is 0 Å². The second-order valence-electron chi connectivity index (χ2n) is 10.6. The molecule has 3 amide bonds. The molecule has 1 aromatic carbocycles. The number of carbonyl (C=O) groups is 3. The molecule has 2 atom stereocenters. The van der Waals surface area contributed by atoms with Gasteiger partial charge in [-0.1, -0.05) is 18.2 Å². The summed E-state index contributed by atoms with van der Waals surface area (Å²) in [5, 5.41) is 5.59. The molecule has 2 unspecified atom stereocenters. The highest BCUT2D eigenvalue weighted by molar-refractivity contribution is 7.80. The maximum Gasteiger partial charge on any atom is 0.408 e. The molecule has 1 rings (SSSR count). The van der Waals surface area contributed by atoms with Crippen LogP contribution in [0.15, 0.2) is 18.2 Å². The standard InChI is InChI=1S/C25H41N3O4S/c1-15(2)26-21(29)20(18-13-11-12-16(3)17(18)4)28(24(5,6)7)22(30)19(14-33)27-23(31)32-25(8,9)10/h11-13,15,19-20,33H,14H2,1-10H3,(H,26,29)(H,27,31). The molecule has 0 fully saturated rings. The highest BCUT2D eigenvalue weighted by atomic mass is 32.1. The molecule has 2 N–H and O–H groups in total. The van der Waals surface area contributed by atoms with Crippen LogP contribution in [0, 0.1) is 13.8 Å². The van der Waals surface area contributed by atoms with Gasteiger partial charge in [-0.3, -0.25) is 9.59 Å². The molecule has 0 radical (unpaired) electrons. The van der Waals surface area contributed by atoms with Crippen LogP contribution in [0.2, 0.25) is 0 Å². The number of amides is 3. The highest BCUT2D eigenvalue weighted by Gasteiger charge is 2.42. The lowest BCUT2D eigenvalue weighted by molar-refractivity contribution is -0.148. The van der Waals surface area contributed by atoms with E-state index in [0.29, 0.717) is 0 Å². The SMILES string of the molecule is Cc1cccc(C(C(=O)NC(C)C)N(C(=O)C(CS)NC(=O)OC(C)(C)C)C(C)(C)C)c1C. The number of alkyl carbamates (subject to hydrolysis) is 1. The molecule has 0 aliphatic carbocycles. The summed E-state index contributed by atoms with van der Waals surface area (Å²) in [4.78, 5) is 41.3. The molecule has 33 heavy (non-hydrogen) atoms. The maximum absolute atomic E-state index is 13.9. The summed E-state index contributed by atoms with van der Waals surface area (Å²) in [7, 11) is 0. The molecule has 0 aliphatic rings. The lowest BCUT2D eigenvalue weighted by Gasteiger charge is -2.43. The Bertz CT molecular complexity index is 856. The number of nitrogens with zero attached hydrogens (tertiary/aromatic N) is 1. The number of rotatable bonds is 7. The van der Waals surface area contributed by atoms with Gasteiger partial charge in [-0.2, -0.15) is 12.6 Å². The van der Waals surface area contributed by atoms with E-state index in [-0.39, 0.29) is 17.7 Å². The lowest BCUT2D eigenvalue weighted by atomic mass is 9.91. The first-order chi connectivity index (χ1) is 15.0. The summed E-state index contributed by atoms with van der Waals surface area (Å²) in [6, 6.07) is 3.76. The second-order valence-corrected chi connectivity index (χ2v) is 11.0. The van der Waals surface area contributed by atoms with Crippen molar-refractivity contribution in [3.8, 4) is 0 Å². The third kappa shape index (κ3) is 8.25. The Morgan fingerprint density at radius 2 is 1.61 bits per heavy atom. The van der Waals surface area contributed by atoms with Crippen LogP contribution in [0.5, 0.6) is 0 Å². The Kier molecular flexibility index (Phi) is 9.84. The molecule has 0 bridgehead atoms. The van der Waals surface area contributed by atoms with Gasteiger partial charge in [0, 0.05) is 17.3 Å². The largest absolute Gasteiger partial charge is 0.444 e. The maximum atomic E-state index is 13.9. The van der Waals surface area contributed by atoms with E-state index in [1.807, 2.05) is 66.7 Å². The summed E-state index contributed by atoms with van der Waals surface area (Å²) in [6.07, 6.45) is -0.710. The van der Waals surface area contributed by atoms with Gasteiger partial charge >= 0.3 is 6.09 Å². The van der Waals surface area contributed by atoms with E-state index in [1.54, 1.807) is 25.7 Å². The molecular weight excluding hydrogens is 438 g/mol. The first-order valence-electron chi connectivity index (χ1n) is 11.3. The predicted molar refractivity (Wildman–Crippen MR) is 136 cm³/mol. The van der Waals surface area contributed by atoms with Gasteiger partial charge < -0.3 is 20.3 Å². The van der Waals surface area contributed by atoms with Gasteiger partial charge in [0.15, 0.2) is 0 Å². The van der Waals surface area contributed by atoms with Gasteiger partial charge in [-0.05, 0) is 85.9 Å². The monoisotopic (exact) mass is 479 g/mol. The molecule has 0 heterocycles. The van der Waals surface area contributed by atoms with Gasteiger partial charge in [-0.25, -0.2) is 4.79 Å². The minimum atomic E-state index is -0.970. The van der Waals surface area contributed by atoms with Gasteiger partial charge in [0.1, 0.15) is 17.7 Å². The number of aryl methyl sites for hydroxylation is 1. The number of ether oxygens (including phenoxy) is 1. The Morgan fingerprint density at radius 1 is 1.03 bits per heavy atom. The van der Waals surface area contributed by atoms with E-state index in [0.717, 1.165) is 16.7 Å². The second kappa shape index (κ2) is 11.3. The summed E-state index contributed by atoms with van der Waals surface area (Å²) in [5.41, 5.74) is 1.26. The zero-order valence-corrected chi connectivity index (χ0v) is 22.6. The lowest BCUT2D eigenvalue weighted by Crippen LogP contribution is -2.59. The van der Waals surface area contributed by atoms with Gasteiger partial charge in [0.2, 0.25) is 11.8 Å². The summed E-state index contributed by atoms with van der Waals surface area (Å²) in [5.74, 6) is -0.638. The van der Waals surface area contributed by atoms with Crippen LogP contribution >= 0.6 is 12.6 Å². The van der Waals surface area contributed by atoms with Crippen molar-refractivity contribution in [2.45, 2.75) is 98.5 Å². The predicted octanol–water partition coefficient (Wildman–Crippen LogP) is 4.32. The van der Waals surface area contributed by atoms with Gasteiger partial charge in [0.05, 0.1) is 0 Å². The van der Waals surface area contributed by atoms with Crippen LogP contribution < -0.4 is 10.6 Å². The zero-order chi connectivity index (χ0) is 25.7. The average molecular weight is 480 g/mol. The molecule has 0 aromatic heterocycles. The summed E-state index contributed by atoms with van der Waals surface area (Å²) < 4.78 is 5.33. The molecule has 0 saturated carbocycles. The molecule has 0 aliphatic heterocycles. The normalized spacial score (nSPS) is 13.8. The van der Waals surface area contributed by atoms with Crippen molar-refractivity contribution < 1.29 is 19.1 Å². The number of nitrogens with one attached hydrogen (secondary N) is 2. The molecular formula is C25H41N3O4S. The molecule has 1 aromatic rings. The summed E-state index contributed by atoms with van der Waals surface area (Å²) in [6.45, 7) is 18.5. The van der Waals surface area contributed by atoms with Crippen molar-refractivity contribution in [2.75, 3.05) is 5.75 Å². The van der Waals surface area contributed by atoms with E-state index in [2.05, 4.69) is 23.3 Å². The van der Waals surface area contributed by atoms with Crippen LogP contribution in [-0.2, 0) is 14.3 Å². The molecule has 186 valence electrons. The summed E-state index contributed by atoms with van der Waals surface area (Å²) >= 11 is 4.31. The van der Waals surface area contributed by atoms with Crippen molar-refractivity contribution in [1.29, 1.82) is 0 Å². The third-order valence-electron chi connectivity index (χ3n) is 5.01. The average Bonchev–Trinajstić information content (AvgIpc) is 2.63. The number of hydrogen-bond acceptors (Lipinski definition) is 5. The van der Waals surface area contributed by atoms with Crippen LogP contribution in [-0.4, -0.2) is 51.8 Å². The number of thiol groups is 1. The Morgan fingerprint density at radius 3 is 2.06 bits per heavy atom. The van der Waals surface area contributed by atoms with E-state index in [9.17, 15) is 14.4 Å². The fraction of sp³-hybridized carbons (Fsp3) is 0.640. The van der Waals surface area contributed by atoms with Crippen LogP contribution in [0.4, 0.5) is 4.79 Å². The molecule has 8 heteroatoms. The molecule has 0 saturated heterocycles. The number of carbonyl (C=O) groups excluding carboxylic acids is 3. The minimum absolute atomic E-state index is 0.0516. The Balaban J connectivity index is 3.55. The van der Waals surface area contributed by atoms with Crippen molar-refractivity contribution in [1.82, 2.24) is 15.5 Å². The minimum Gasteiger partial charge on any atom is -0.444 e. The fourth-order valence-electron chi connectivity index (χ4n) is 3.48. The topological polar surface area (TPSA) is 87.7 Å². The quantitative estimate of drug-likeness (QED) is 0.508. The smallest absolute Gasteiger partial charge is 0.408 e. The van der Waals surface area contributed by atoms with E-state index in [4.69, 9.17) is 4.74 Å². The van der Waals surface area contributed by atoms with Crippen LogP contribution in [0.3, 0.4) is 0 Å². The fourth-order valence-corrected chi connectivity index (χ4v) is 3.73. The molecule has 0 spiro atoms. The van der Waals surface area contributed by atoms with Crippen molar-refractivity contribution in [2.24, 2.45) is 0 Å². The van der Waals surface area contributed by atoms with Crippen LogP contribution in [0.1, 0.15) is 78.1 Å². The van der Waals surface area contributed by atoms with E-state index < -0.39 is 35.2 Å². The van der Waals surface area contributed by atoms with E-state index >= 15 is 0 Å². The van der Waals surface area contributed by atoms with Crippen molar-refractivity contribution in [3.05, 3.63) is 34.9 Å². The number of benzene rings is 1. The van der Waals surface area contributed by atoms with Crippen molar-refractivity contribution >= 4 is 30.5 Å². The molecule has 7 nitrogen and oxygen atoms in total. The Hall–Kier alpha value is -2.22. The number of hydrogen-bond donors (Lipinski definition) is 3. The van der Waals surface area contributed by atoms with E-state index in [1.165, 1.54) is 0 Å². The Labute approximate surface area is 204 Å². The first kappa shape index (κ1) is 28.8. The third-order valence-corrected chi connectivity index (χ3v) is 5.38.